The summed E-state index contributed by atoms with van der Waals surface area (Å²) < 4.78 is 5.64. The minimum Gasteiger partial charge on any atom is -0.377 e. The lowest BCUT2D eigenvalue weighted by molar-refractivity contribution is 0.0167. The summed E-state index contributed by atoms with van der Waals surface area (Å²) in [7, 11) is 0. The highest BCUT2D eigenvalue weighted by Crippen LogP contribution is 2.11. The summed E-state index contributed by atoms with van der Waals surface area (Å²) in [6, 6.07) is 0. The Hall–Kier alpha value is -1.00. The maximum absolute atomic E-state index is 5.64. The molecule has 88 valence electrons. The molecule has 1 aliphatic heterocycles. The first-order valence-electron chi connectivity index (χ1n) is 5.94. The van der Waals surface area contributed by atoms with Crippen molar-refractivity contribution in [1.82, 2.24) is 15.3 Å². The number of ether oxygens (including phenoxy) is 1. The van der Waals surface area contributed by atoms with Crippen molar-refractivity contribution in [3.63, 3.8) is 0 Å². The Kier molecular flexibility index (Phi) is 4.25. The fourth-order valence-electron chi connectivity index (χ4n) is 1.84. The first-order valence-corrected chi connectivity index (χ1v) is 5.94. The molecule has 1 N–H and O–H groups in total. The van der Waals surface area contributed by atoms with Crippen LogP contribution in [0.1, 0.15) is 30.7 Å². The second-order valence-electron chi connectivity index (χ2n) is 4.27. The Labute approximate surface area is 96.4 Å². The smallest absolute Gasteiger partial charge is 0.0724 e. The molecule has 1 atom stereocenters. The first-order chi connectivity index (χ1) is 7.84. The van der Waals surface area contributed by atoms with Crippen LogP contribution in [0.4, 0.5) is 0 Å². The summed E-state index contributed by atoms with van der Waals surface area (Å²) in [5.41, 5.74) is 1.95. The van der Waals surface area contributed by atoms with Crippen LogP contribution in [0, 0.1) is 6.92 Å². The zero-order valence-corrected chi connectivity index (χ0v) is 9.78. The third-order valence-corrected chi connectivity index (χ3v) is 2.79. The van der Waals surface area contributed by atoms with E-state index in [9.17, 15) is 0 Å². The van der Waals surface area contributed by atoms with Crippen LogP contribution in [0.2, 0.25) is 0 Å². The summed E-state index contributed by atoms with van der Waals surface area (Å²) in [6.07, 6.45) is 7.67. The molecule has 1 fully saturated rings. The van der Waals surface area contributed by atoms with E-state index in [0.29, 0.717) is 6.10 Å². The number of hydrogen-bond donors (Lipinski definition) is 1. The zero-order chi connectivity index (χ0) is 11.2. The van der Waals surface area contributed by atoms with Crippen molar-refractivity contribution in [2.45, 2.75) is 38.8 Å². The Morgan fingerprint density at radius 3 is 3.00 bits per heavy atom. The molecule has 1 unspecified atom stereocenters. The van der Waals surface area contributed by atoms with Gasteiger partial charge in [0, 0.05) is 32.1 Å². The molecule has 16 heavy (non-hydrogen) atoms. The van der Waals surface area contributed by atoms with Gasteiger partial charge in [-0.15, -0.1) is 0 Å². The van der Waals surface area contributed by atoms with Crippen LogP contribution < -0.4 is 5.32 Å². The molecule has 1 aromatic rings. The van der Waals surface area contributed by atoms with Crippen LogP contribution in [0.15, 0.2) is 12.4 Å². The minimum absolute atomic E-state index is 0.382. The highest BCUT2D eigenvalue weighted by atomic mass is 16.5. The monoisotopic (exact) mass is 221 g/mol. The molecule has 1 aliphatic rings. The average Bonchev–Trinajstić information content (AvgIpc) is 2.33. The van der Waals surface area contributed by atoms with Crippen molar-refractivity contribution in [2.24, 2.45) is 0 Å². The third kappa shape index (κ3) is 3.54. The molecule has 2 heterocycles. The summed E-state index contributed by atoms with van der Waals surface area (Å²) in [5.74, 6) is 0. The molecule has 1 aromatic heterocycles. The van der Waals surface area contributed by atoms with Crippen LogP contribution in [0.25, 0.3) is 0 Å². The van der Waals surface area contributed by atoms with Gasteiger partial charge in [-0.1, -0.05) is 0 Å². The van der Waals surface area contributed by atoms with Crippen LogP contribution in [-0.2, 0) is 11.3 Å². The fraction of sp³-hybridized carbons (Fsp3) is 0.667. The molecular formula is C12H19N3O. The standard InChI is InChI=1S/C12H19N3O/c1-10-6-15-11(8-14-10)7-13-9-12-4-2-3-5-16-12/h6,8,12-13H,2-5,7,9H2,1H3. The lowest BCUT2D eigenvalue weighted by atomic mass is 10.1. The second kappa shape index (κ2) is 5.92. The van der Waals surface area contributed by atoms with E-state index < -0.39 is 0 Å². The molecular weight excluding hydrogens is 202 g/mol. The van der Waals surface area contributed by atoms with E-state index in [1.165, 1.54) is 19.3 Å². The van der Waals surface area contributed by atoms with Crippen molar-refractivity contribution in [3.8, 4) is 0 Å². The highest BCUT2D eigenvalue weighted by molar-refractivity contribution is 5.00. The van der Waals surface area contributed by atoms with Gasteiger partial charge in [0.15, 0.2) is 0 Å². The van der Waals surface area contributed by atoms with Gasteiger partial charge < -0.3 is 10.1 Å². The normalized spacial score (nSPS) is 20.9. The van der Waals surface area contributed by atoms with E-state index in [4.69, 9.17) is 4.74 Å². The SMILES string of the molecule is Cc1cnc(CNCC2CCCCO2)cn1. The van der Waals surface area contributed by atoms with E-state index in [1.807, 2.05) is 13.1 Å². The van der Waals surface area contributed by atoms with E-state index in [0.717, 1.165) is 31.1 Å². The Balaban J connectivity index is 1.69. The molecule has 0 amide bonds. The lowest BCUT2D eigenvalue weighted by Crippen LogP contribution is -2.31. The number of aromatic nitrogens is 2. The number of rotatable bonds is 4. The Bertz CT molecular complexity index is 307. The van der Waals surface area contributed by atoms with Gasteiger partial charge in [0.2, 0.25) is 0 Å². The Morgan fingerprint density at radius 2 is 2.31 bits per heavy atom. The van der Waals surface area contributed by atoms with Gasteiger partial charge in [0.25, 0.3) is 0 Å². The van der Waals surface area contributed by atoms with Gasteiger partial charge in [0.05, 0.1) is 17.5 Å². The van der Waals surface area contributed by atoms with Crippen LogP contribution >= 0.6 is 0 Å². The van der Waals surface area contributed by atoms with Crippen molar-refractivity contribution in [3.05, 3.63) is 23.8 Å². The Morgan fingerprint density at radius 1 is 1.38 bits per heavy atom. The van der Waals surface area contributed by atoms with Gasteiger partial charge in [-0.05, 0) is 26.2 Å². The maximum Gasteiger partial charge on any atom is 0.0724 e. The van der Waals surface area contributed by atoms with Gasteiger partial charge in [0.1, 0.15) is 0 Å². The van der Waals surface area contributed by atoms with Crippen LogP contribution in [0.3, 0.4) is 0 Å². The molecule has 2 rings (SSSR count). The fourth-order valence-corrected chi connectivity index (χ4v) is 1.84. The summed E-state index contributed by atoms with van der Waals surface area (Å²) in [5, 5.41) is 3.36. The van der Waals surface area contributed by atoms with E-state index in [1.54, 1.807) is 6.20 Å². The first kappa shape index (κ1) is 11.5. The minimum atomic E-state index is 0.382. The number of nitrogens with one attached hydrogen (secondary N) is 1. The van der Waals surface area contributed by atoms with Crippen molar-refractivity contribution >= 4 is 0 Å². The second-order valence-corrected chi connectivity index (χ2v) is 4.27. The summed E-state index contributed by atoms with van der Waals surface area (Å²) in [6.45, 7) is 4.54. The van der Waals surface area contributed by atoms with E-state index >= 15 is 0 Å². The number of aryl methyl sites for hydroxylation is 1. The summed E-state index contributed by atoms with van der Waals surface area (Å²) >= 11 is 0. The average molecular weight is 221 g/mol. The van der Waals surface area contributed by atoms with Gasteiger partial charge in [-0.3, -0.25) is 9.97 Å². The zero-order valence-electron chi connectivity index (χ0n) is 9.78. The third-order valence-electron chi connectivity index (χ3n) is 2.79. The molecule has 0 spiro atoms. The van der Waals surface area contributed by atoms with Crippen molar-refractivity contribution in [1.29, 1.82) is 0 Å². The topological polar surface area (TPSA) is 47.0 Å². The van der Waals surface area contributed by atoms with E-state index in [-0.39, 0.29) is 0 Å². The van der Waals surface area contributed by atoms with E-state index in [2.05, 4.69) is 15.3 Å². The van der Waals surface area contributed by atoms with Gasteiger partial charge >= 0.3 is 0 Å². The largest absolute Gasteiger partial charge is 0.377 e. The molecule has 0 aromatic carbocycles. The summed E-state index contributed by atoms with van der Waals surface area (Å²) in [4.78, 5) is 8.51. The van der Waals surface area contributed by atoms with Gasteiger partial charge in [-0.2, -0.15) is 0 Å². The number of hydrogen-bond acceptors (Lipinski definition) is 4. The van der Waals surface area contributed by atoms with Crippen LogP contribution in [0.5, 0.6) is 0 Å². The molecule has 0 saturated carbocycles. The predicted molar refractivity (Wildman–Crippen MR) is 62.1 cm³/mol. The molecule has 0 radical (unpaired) electrons. The molecule has 1 saturated heterocycles. The maximum atomic E-state index is 5.64. The molecule has 0 aliphatic carbocycles. The molecule has 4 nitrogen and oxygen atoms in total. The molecule has 0 bridgehead atoms. The van der Waals surface area contributed by atoms with Crippen LogP contribution in [-0.4, -0.2) is 29.2 Å². The van der Waals surface area contributed by atoms with Gasteiger partial charge in [-0.25, -0.2) is 0 Å². The van der Waals surface area contributed by atoms with Crippen molar-refractivity contribution < 1.29 is 4.74 Å². The van der Waals surface area contributed by atoms with Crippen molar-refractivity contribution in [2.75, 3.05) is 13.2 Å². The predicted octanol–water partition coefficient (Wildman–Crippen LogP) is 1.44. The molecule has 4 heteroatoms. The number of nitrogens with zero attached hydrogens (tertiary/aromatic N) is 2. The quantitative estimate of drug-likeness (QED) is 0.836. The lowest BCUT2D eigenvalue weighted by Gasteiger charge is -2.22. The highest BCUT2D eigenvalue weighted by Gasteiger charge is 2.12.